The van der Waals surface area contributed by atoms with Crippen molar-refractivity contribution in [3.8, 4) is 22.6 Å². The predicted octanol–water partition coefficient (Wildman–Crippen LogP) is 8.55. The van der Waals surface area contributed by atoms with E-state index >= 15 is 0 Å². The van der Waals surface area contributed by atoms with Gasteiger partial charge in [-0.05, 0) is 105 Å². The molecule has 48 heavy (non-hydrogen) atoms. The van der Waals surface area contributed by atoms with Crippen molar-refractivity contribution in [2.45, 2.75) is 27.7 Å². The van der Waals surface area contributed by atoms with Crippen molar-refractivity contribution in [2.24, 2.45) is 0 Å². The van der Waals surface area contributed by atoms with E-state index in [0.717, 1.165) is 50.6 Å². The van der Waals surface area contributed by atoms with E-state index in [9.17, 15) is 19.7 Å². The molecule has 0 unspecified atom stereocenters. The number of nitrogens with zero attached hydrogens (tertiary/aromatic N) is 3. The van der Waals surface area contributed by atoms with E-state index in [2.05, 4.69) is 20.6 Å². The lowest BCUT2D eigenvalue weighted by molar-refractivity contribution is -0.384. The van der Waals surface area contributed by atoms with Gasteiger partial charge in [-0.1, -0.05) is 12.1 Å². The highest BCUT2D eigenvalue weighted by Gasteiger charge is 2.09. The highest BCUT2D eigenvalue weighted by Crippen LogP contribution is 2.26. The maximum atomic E-state index is 12.1. The number of non-ortho nitro benzene ring substituents is 1. The Hall–Kier alpha value is -6.56. The summed E-state index contributed by atoms with van der Waals surface area (Å²) in [4.78, 5) is 40.0. The number of nitrogen functional groups attached to an aromatic ring is 1. The van der Waals surface area contributed by atoms with Crippen LogP contribution in [-0.4, -0.2) is 27.2 Å². The van der Waals surface area contributed by atoms with Crippen molar-refractivity contribution >= 4 is 35.1 Å². The maximum Gasteiger partial charge on any atom is 0.323 e. The number of hydrogen-bond donors (Lipinski definition) is 3. The fraction of sp³-hybridized carbons (Fsp3) is 0.111. The lowest BCUT2D eigenvalue weighted by Crippen LogP contribution is -2.19. The van der Waals surface area contributed by atoms with Crippen LogP contribution in [0.25, 0.3) is 22.6 Å². The van der Waals surface area contributed by atoms with E-state index in [-0.39, 0.29) is 11.7 Å². The van der Waals surface area contributed by atoms with Gasteiger partial charge in [-0.2, -0.15) is 0 Å². The number of nitro benzene ring substituents is 1. The standard InChI is InChI=1S/C18H17N3O2.C10H10N2O.C8H7NO3/c1-12-4-3-5-14(8-12)20-18(22)21-15-6-7-16(13(2)9-15)17-10-19-11-23-17;1-7-4-8(11)2-3-9(7)10-5-12-6-13-10;1-6-4-8(9(11)12)3-2-7(6)5-10/h3-11H,1-2H3,(H2,20,21,22);2-6H,11H2,1H3;2-5H,1H3. The summed E-state index contributed by atoms with van der Waals surface area (Å²) in [7, 11) is 0. The minimum atomic E-state index is -0.485. The molecule has 0 fully saturated rings. The third kappa shape index (κ3) is 9.47. The van der Waals surface area contributed by atoms with Crippen molar-refractivity contribution < 1.29 is 23.3 Å². The third-order valence-electron chi connectivity index (χ3n) is 7.00. The number of aldehydes is 1. The second-order valence-electron chi connectivity index (χ2n) is 10.7. The van der Waals surface area contributed by atoms with Crippen molar-refractivity contribution in [3.63, 3.8) is 0 Å². The van der Waals surface area contributed by atoms with Crippen LogP contribution in [0.3, 0.4) is 0 Å². The fourth-order valence-electron chi connectivity index (χ4n) is 4.60. The van der Waals surface area contributed by atoms with Gasteiger partial charge < -0.3 is 25.2 Å². The summed E-state index contributed by atoms with van der Waals surface area (Å²) < 4.78 is 10.5. The van der Waals surface area contributed by atoms with Crippen LogP contribution >= 0.6 is 0 Å². The molecule has 2 amide bonds. The molecule has 4 N–H and O–H groups in total. The molecule has 4 aromatic carbocycles. The van der Waals surface area contributed by atoms with Gasteiger partial charge in [0.2, 0.25) is 0 Å². The summed E-state index contributed by atoms with van der Waals surface area (Å²) in [6.07, 6.45) is 6.86. The summed E-state index contributed by atoms with van der Waals surface area (Å²) >= 11 is 0. The van der Waals surface area contributed by atoms with Gasteiger partial charge in [0.25, 0.3) is 5.69 Å². The molecule has 0 aliphatic heterocycles. The first kappa shape index (κ1) is 34.3. The van der Waals surface area contributed by atoms with E-state index < -0.39 is 4.92 Å². The summed E-state index contributed by atoms with van der Waals surface area (Å²) in [6, 6.07) is 22.8. The average Bonchev–Trinajstić information content (AvgIpc) is 3.77. The number of benzene rings is 4. The number of nitro groups is 1. The van der Waals surface area contributed by atoms with Crippen molar-refractivity contribution in [3.05, 3.63) is 142 Å². The van der Waals surface area contributed by atoms with E-state index in [1.165, 1.54) is 31.0 Å². The first-order valence-corrected chi connectivity index (χ1v) is 14.6. The molecule has 0 bridgehead atoms. The Balaban J connectivity index is 0.000000177. The van der Waals surface area contributed by atoms with Crippen LogP contribution < -0.4 is 16.4 Å². The molecular formula is C36H34N6O6. The minimum Gasteiger partial charge on any atom is -0.444 e. The molecule has 0 aliphatic rings. The molecule has 0 saturated carbocycles. The number of carbonyl (C=O) groups excluding carboxylic acids is 2. The van der Waals surface area contributed by atoms with Gasteiger partial charge in [0.1, 0.15) is 6.29 Å². The Morgan fingerprint density at radius 3 is 1.88 bits per heavy atom. The lowest BCUT2D eigenvalue weighted by atomic mass is 10.1. The number of aryl methyl sites for hydroxylation is 4. The van der Waals surface area contributed by atoms with Crippen LogP contribution in [-0.2, 0) is 0 Å². The number of oxazole rings is 2. The second-order valence-corrected chi connectivity index (χ2v) is 10.7. The number of nitrogens with two attached hydrogens (primary N) is 1. The zero-order valence-electron chi connectivity index (χ0n) is 26.8. The molecule has 6 aromatic rings. The Morgan fingerprint density at radius 1 is 0.771 bits per heavy atom. The van der Waals surface area contributed by atoms with E-state index in [1.807, 2.05) is 81.4 Å². The molecule has 2 aromatic heterocycles. The van der Waals surface area contributed by atoms with Crippen LogP contribution in [0.4, 0.5) is 27.5 Å². The Labute approximate surface area is 276 Å². The highest BCUT2D eigenvalue weighted by atomic mass is 16.6. The van der Waals surface area contributed by atoms with E-state index in [1.54, 1.807) is 19.3 Å². The van der Waals surface area contributed by atoms with Crippen LogP contribution in [0, 0.1) is 37.8 Å². The lowest BCUT2D eigenvalue weighted by Gasteiger charge is -2.10. The number of aromatic nitrogens is 2. The molecular weight excluding hydrogens is 612 g/mol. The molecule has 244 valence electrons. The number of carbonyl (C=O) groups is 2. The van der Waals surface area contributed by atoms with Gasteiger partial charge in [-0.15, -0.1) is 0 Å². The first-order chi connectivity index (χ1) is 23.0. The van der Waals surface area contributed by atoms with Gasteiger partial charge >= 0.3 is 6.03 Å². The largest absolute Gasteiger partial charge is 0.444 e. The van der Waals surface area contributed by atoms with Gasteiger partial charge in [-0.3, -0.25) is 14.9 Å². The average molecular weight is 647 g/mol. The van der Waals surface area contributed by atoms with Gasteiger partial charge in [-0.25, -0.2) is 14.8 Å². The van der Waals surface area contributed by atoms with E-state index in [4.69, 9.17) is 14.6 Å². The number of hydrogen-bond acceptors (Lipinski definition) is 9. The maximum absolute atomic E-state index is 12.1. The molecule has 12 nitrogen and oxygen atoms in total. The summed E-state index contributed by atoms with van der Waals surface area (Å²) in [5.74, 6) is 1.48. The van der Waals surface area contributed by atoms with Crippen LogP contribution in [0.1, 0.15) is 32.6 Å². The molecule has 0 atom stereocenters. The third-order valence-corrected chi connectivity index (χ3v) is 7.00. The highest BCUT2D eigenvalue weighted by molar-refractivity contribution is 6.00. The predicted molar refractivity (Wildman–Crippen MR) is 185 cm³/mol. The number of urea groups is 1. The smallest absolute Gasteiger partial charge is 0.323 e. The summed E-state index contributed by atoms with van der Waals surface area (Å²) in [6.45, 7) is 7.60. The van der Waals surface area contributed by atoms with Crippen LogP contribution in [0.2, 0.25) is 0 Å². The number of nitrogens with one attached hydrogen (secondary N) is 2. The zero-order chi connectivity index (χ0) is 34.6. The topological polar surface area (TPSA) is 179 Å². The monoisotopic (exact) mass is 646 g/mol. The van der Waals surface area contributed by atoms with Gasteiger partial charge in [0.15, 0.2) is 24.3 Å². The molecule has 12 heteroatoms. The number of rotatable bonds is 6. The minimum absolute atomic E-state index is 0.0121. The molecule has 0 saturated heterocycles. The first-order valence-electron chi connectivity index (χ1n) is 14.6. The second kappa shape index (κ2) is 16.1. The zero-order valence-corrected chi connectivity index (χ0v) is 26.8. The molecule has 6 rings (SSSR count). The number of anilines is 3. The fourth-order valence-corrected chi connectivity index (χ4v) is 4.60. The van der Waals surface area contributed by atoms with Crippen LogP contribution in [0.5, 0.6) is 0 Å². The van der Waals surface area contributed by atoms with Crippen molar-refractivity contribution in [1.82, 2.24) is 9.97 Å². The van der Waals surface area contributed by atoms with Crippen molar-refractivity contribution in [2.75, 3.05) is 16.4 Å². The summed E-state index contributed by atoms with van der Waals surface area (Å²) in [5.41, 5.74) is 14.2. The SMILES string of the molecule is Cc1cc(N)ccc1-c1cnco1.Cc1cc([N+](=O)[O-])ccc1C=O.Cc1cccc(NC(=O)Nc2ccc(-c3cnco3)c(C)c2)c1. The summed E-state index contributed by atoms with van der Waals surface area (Å²) in [5, 5.41) is 15.9. The molecule has 0 spiro atoms. The number of amides is 2. The van der Waals surface area contributed by atoms with Gasteiger partial charge in [0.05, 0.1) is 17.3 Å². The van der Waals surface area contributed by atoms with Crippen LogP contribution in [0.15, 0.2) is 113 Å². The Kier molecular flexibility index (Phi) is 11.5. The molecule has 0 aliphatic carbocycles. The van der Waals surface area contributed by atoms with Crippen molar-refractivity contribution in [1.29, 1.82) is 0 Å². The van der Waals surface area contributed by atoms with E-state index in [0.29, 0.717) is 23.2 Å². The molecule has 2 heterocycles. The molecule has 0 radical (unpaired) electrons. The quantitative estimate of drug-likeness (QED) is 0.0691. The normalized spacial score (nSPS) is 10.1. The van der Waals surface area contributed by atoms with Gasteiger partial charge in [0, 0.05) is 45.9 Å². The Bertz CT molecular complexity index is 2010. The Morgan fingerprint density at radius 2 is 1.38 bits per heavy atom.